The number of aliphatic carboxylic acids is 1. The molecule has 0 saturated carbocycles. The van der Waals surface area contributed by atoms with Gasteiger partial charge in [-0.2, -0.15) is 0 Å². The molecule has 0 aliphatic carbocycles. The zero-order valence-corrected chi connectivity index (χ0v) is 15.8. The van der Waals surface area contributed by atoms with Gasteiger partial charge in [0.15, 0.2) is 0 Å². The molecular weight excluding hydrogens is 319 g/mol. The van der Waals surface area contributed by atoms with Gasteiger partial charge in [-0.1, -0.05) is 27.2 Å². The minimum atomic E-state index is -0.732. The number of carbonyl (C=O) groups is 1. The molecule has 2 rings (SSSR count). The molecule has 1 fully saturated rings. The molecule has 0 amide bonds. The van der Waals surface area contributed by atoms with E-state index in [1.165, 1.54) is 6.07 Å². The van der Waals surface area contributed by atoms with Crippen LogP contribution >= 0.6 is 0 Å². The summed E-state index contributed by atoms with van der Waals surface area (Å²) in [5.41, 5.74) is 1.97. The van der Waals surface area contributed by atoms with Gasteiger partial charge in [0.25, 0.3) is 0 Å². The highest BCUT2D eigenvalue weighted by molar-refractivity contribution is 5.70. The number of anilines is 1. The van der Waals surface area contributed by atoms with E-state index in [4.69, 9.17) is 0 Å². The van der Waals surface area contributed by atoms with Crippen LogP contribution in [0, 0.1) is 23.6 Å². The smallest absolute Gasteiger partial charge is 0.307 e. The standard InChI is InChI=1S/C20H31FN2O2/c1-5-14(2)10-22(4)19-7-6-18(21)9-16(19)12-23-11-15(3)8-17(13-23)20(24)25/h6-7,9,14-15,17H,5,8,10-13H2,1-4H3,(H,24,25). The molecule has 1 aromatic rings. The van der Waals surface area contributed by atoms with Crippen LogP contribution in [0.15, 0.2) is 18.2 Å². The van der Waals surface area contributed by atoms with Crippen LogP contribution in [-0.2, 0) is 11.3 Å². The van der Waals surface area contributed by atoms with E-state index >= 15 is 0 Å². The first-order valence-electron chi connectivity index (χ1n) is 9.24. The average Bonchev–Trinajstić information content (AvgIpc) is 2.54. The highest BCUT2D eigenvalue weighted by Gasteiger charge is 2.29. The molecule has 1 aromatic carbocycles. The van der Waals surface area contributed by atoms with Gasteiger partial charge >= 0.3 is 5.97 Å². The summed E-state index contributed by atoms with van der Waals surface area (Å²) < 4.78 is 13.8. The van der Waals surface area contributed by atoms with Crippen molar-refractivity contribution in [3.05, 3.63) is 29.6 Å². The van der Waals surface area contributed by atoms with E-state index < -0.39 is 5.97 Å². The van der Waals surface area contributed by atoms with Crippen molar-refractivity contribution in [1.82, 2.24) is 4.90 Å². The molecule has 1 aliphatic heterocycles. The van der Waals surface area contributed by atoms with E-state index in [-0.39, 0.29) is 11.7 Å². The van der Waals surface area contributed by atoms with E-state index in [0.29, 0.717) is 24.9 Å². The van der Waals surface area contributed by atoms with Crippen molar-refractivity contribution in [2.24, 2.45) is 17.8 Å². The average molecular weight is 350 g/mol. The first-order chi connectivity index (χ1) is 11.8. The predicted molar refractivity (Wildman–Crippen MR) is 99.3 cm³/mol. The fraction of sp³-hybridized carbons (Fsp3) is 0.650. The number of hydrogen-bond acceptors (Lipinski definition) is 3. The molecule has 4 nitrogen and oxygen atoms in total. The van der Waals surface area contributed by atoms with Crippen molar-refractivity contribution in [2.75, 3.05) is 31.6 Å². The van der Waals surface area contributed by atoms with Gasteiger partial charge in [-0.15, -0.1) is 0 Å². The normalized spacial score (nSPS) is 22.6. The topological polar surface area (TPSA) is 43.8 Å². The highest BCUT2D eigenvalue weighted by Crippen LogP contribution is 2.27. The molecule has 3 unspecified atom stereocenters. The molecule has 140 valence electrons. The molecule has 1 saturated heterocycles. The van der Waals surface area contributed by atoms with Crippen LogP contribution < -0.4 is 4.90 Å². The highest BCUT2D eigenvalue weighted by atomic mass is 19.1. The van der Waals surface area contributed by atoms with Crippen LogP contribution in [-0.4, -0.2) is 42.7 Å². The number of hydrogen-bond donors (Lipinski definition) is 1. The second-order valence-electron chi connectivity index (χ2n) is 7.74. The van der Waals surface area contributed by atoms with Gasteiger partial charge in [0, 0.05) is 38.9 Å². The Balaban J connectivity index is 2.17. The summed E-state index contributed by atoms with van der Waals surface area (Å²) >= 11 is 0. The molecule has 1 N–H and O–H groups in total. The van der Waals surface area contributed by atoms with E-state index in [1.807, 2.05) is 13.1 Å². The maximum Gasteiger partial charge on any atom is 0.307 e. The second kappa shape index (κ2) is 8.65. The third kappa shape index (κ3) is 5.43. The third-order valence-corrected chi connectivity index (χ3v) is 5.21. The summed E-state index contributed by atoms with van der Waals surface area (Å²) in [6.07, 6.45) is 1.82. The lowest BCUT2D eigenvalue weighted by molar-refractivity contribution is -0.144. The van der Waals surface area contributed by atoms with Gasteiger partial charge in [-0.05, 0) is 42.0 Å². The van der Waals surface area contributed by atoms with Crippen molar-refractivity contribution in [3.8, 4) is 0 Å². The Hall–Kier alpha value is -1.62. The summed E-state index contributed by atoms with van der Waals surface area (Å²) in [6.45, 7) is 9.37. The van der Waals surface area contributed by atoms with Gasteiger partial charge < -0.3 is 10.0 Å². The Labute approximate surface area is 150 Å². The monoisotopic (exact) mass is 350 g/mol. The first-order valence-corrected chi connectivity index (χ1v) is 9.24. The zero-order valence-electron chi connectivity index (χ0n) is 15.8. The Morgan fingerprint density at radius 1 is 1.44 bits per heavy atom. The molecule has 5 heteroatoms. The van der Waals surface area contributed by atoms with Crippen LogP contribution in [0.1, 0.15) is 39.2 Å². The first kappa shape index (κ1) is 19.7. The molecule has 0 bridgehead atoms. The van der Waals surface area contributed by atoms with Crippen molar-refractivity contribution in [3.63, 3.8) is 0 Å². The number of carboxylic acid groups (broad SMARTS) is 1. The Kier molecular flexibility index (Phi) is 6.82. The van der Waals surface area contributed by atoms with Crippen molar-refractivity contribution in [1.29, 1.82) is 0 Å². The van der Waals surface area contributed by atoms with Gasteiger partial charge in [-0.3, -0.25) is 9.69 Å². The van der Waals surface area contributed by atoms with Crippen LogP contribution in [0.4, 0.5) is 10.1 Å². The lowest BCUT2D eigenvalue weighted by Gasteiger charge is -2.35. The van der Waals surface area contributed by atoms with Gasteiger partial charge in [-0.25, -0.2) is 4.39 Å². The van der Waals surface area contributed by atoms with Gasteiger partial charge in [0.05, 0.1) is 5.92 Å². The summed E-state index contributed by atoms with van der Waals surface area (Å²) in [4.78, 5) is 15.7. The fourth-order valence-corrected chi connectivity index (χ4v) is 3.76. The number of rotatable bonds is 7. The fourth-order valence-electron chi connectivity index (χ4n) is 3.76. The van der Waals surface area contributed by atoms with E-state index in [1.54, 1.807) is 6.07 Å². The van der Waals surface area contributed by atoms with Crippen LogP contribution in [0.5, 0.6) is 0 Å². The minimum Gasteiger partial charge on any atom is -0.481 e. The Morgan fingerprint density at radius 2 is 2.16 bits per heavy atom. The zero-order chi connectivity index (χ0) is 18.6. The molecule has 1 heterocycles. The summed E-state index contributed by atoms with van der Waals surface area (Å²) in [5.74, 6) is -0.405. The van der Waals surface area contributed by atoms with Crippen LogP contribution in [0.2, 0.25) is 0 Å². The lowest BCUT2D eigenvalue weighted by Crippen LogP contribution is -2.42. The number of likely N-dealkylation sites (tertiary alicyclic amines) is 1. The second-order valence-corrected chi connectivity index (χ2v) is 7.74. The van der Waals surface area contributed by atoms with E-state index in [9.17, 15) is 14.3 Å². The number of benzene rings is 1. The molecule has 25 heavy (non-hydrogen) atoms. The maximum atomic E-state index is 13.8. The van der Waals surface area contributed by atoms with Crippen molar-refractivity contribution in [2.45, 2.75) is 40.2 Å². The quantitative estimate of drug-likeness (QED) is 0.811. The number of halogens is 1. The molecule has 0 spiro atoms. The summed E-state index contributed by atoms with van der Waals surface area (Å²) in [7, 11) is 2.04. The summed E-state index contributed by atoms with van der Waals surface area (Å²) in [6, 6.07) is 4.94. The van der Waals surface area contributed by atoms with Crippen molar-refractivity contribution < 1.29 is 14.3 Å². The third-order valence-electron chi connectivity index (χ3n) is 5.21. The molecule has 0 radical (unpaired) electrons. The van der Waals surface area contributed by atoms with Crippen molar-refractivity contribution >= 4 is 11.7 Å². The Morgan fingerprint density at radius 3 is 2.80 bits per heavy atom. The molecule has 0 aromatic heterocycles. The largest absolute Gasteiger partial charge is 0.481 e. The molecule has 1 aliphatic rings. The molecule has 3 atom stereocenters. The van der Waals surface area contributed by atoms with E-state index in [2.05, 4.69) is 30.6 Å². The minimum absolute atomic E-state index is 0.240. The number of nitrogens with zero attached hydrogens (tertiary/aromatic N) is 2. The number of piperidine rings is 1. The maximum absolute atomic E-state index is 13.8. The van der Waals surface area contributed by atoms with Crippen LogP contribution in [0.3, 0.4) is 0 Å². The van der Waals surface area contributed by atoms with Gasteiger partial charge in [0.2, 0.25) is 0 Å². The van der Waals surface area contributed by atoms with Gasteiger partial charge in [0.1, 0.15) is 5.82 Å². The Bertz CT molecular complexity index is 593. The molecular formula is C20H31FN2O2. The van der Waals surface area contributed by atoms with Crippen LogP contribution in [0.25, 0.3) is 0 Å². The summed E-state index contributed by atoms with van der Waals surface area (Å²) in [5, 5.41) is 9.36. The SMILES string of the molecule is CCC(C)CN(C)c1ccc(F)cc1CN1CC(C)CC(C(=O)O)C1. The predicted octanol–water partition coefficient (Wildman–Crippen LogP) is 3.85. The number of carboxylic acids is 1. The van der Waals surface area contributed by atoms with E-state index in [0.717, 1.165) is 37.2 Å². The lowest BCUT2D eigenvalue weighted by atomic mass is 9.90.